The van der Waals surface area contributed by atoms with Crippen molar-refractivity contribution in [3.05, 3.63) is 53.6 Å². The molecule has 29 heavy (non-hydrogen) atoms. The molecule has 0 aliphatic carbocycles. The molecule has 2 aromatic carbocycles. The maximum atomic E-state index is 11.6. The molecule has 1 aliphatic heterocycles. The SMILES string of the molecule is CC(C)(C(=O)O)N1CCN(c2nnc(-c3ccc(Cl)cc3)c3ccccc23)CC1. The van der Waals surface area contributed by atoms with Crippen LogP contribution in [0.3, 0.4) is 0 Å². The van der Waals surface area contributed by atoms with E-state index in [1.165, 1.54) is 0 Å². The summed E-state index contributed by atoms with van der Waals surface area (Å²) < 4.78 is 0. The lowest BCUT2D eigenvalue weighted by molar-refractivity contribution is -0.149. The minimum Gasteiger partial charge on any atom is -0.480 e. The van der Waals surface area contributed by atoms with Gasteiger partial charge in [-0.25, -0.2) is 0 Å². The molecule has 1 fully saturated rings. The highest BCUT2D eigenvalue weighted by Crippen LogP contribution is 2.32. The Labute approximate surface area is 174 Å². The first-order valence-electron chi connectivity index (χ1n) is 9.62. The summed E-state index contributed by atoms with van der Waals surface area (Å²) in [7, 11) is 0. The van der Waals surface area contributed by atoms with E-state index >= 15 is 0 Å². The van der Waals surface area contributed by atoms with E-state index in [1.807, 2.05) is 41.3 Å². The molecule has 1 N–H and O–H groups in total. The van der Waals surface area contributed by atoms with Crippen molar-refractivity contribution in [1.82, 2.24) is 15.1 Å². The molecule has 0 saturated carbocycles. The molecule has 0 unspecified atom stereocenters. The monoisotopic (exact) mass is 410 g/mol. The Hall–Kier alpha value is -2.70. The number of aliphatic carboxylic acids is 1. The van der Waals surface area contributed by atoms with Gasteiger partial charge in [-0.2, -0.15) is 0 Å². The standard InChI is InChI=1S/C22H23ClN4O2/c1-22(2,21(28)29)27-13-11-26(12-14-27)20-18-6-4-3-5-17(18)19(24-25-20)15-7-9-16(23)10-8-15/h3-10H,11-14H2,1-2H3,(H,28,29). The molecule has 4 rings (SSSR count). The Balaban J connectivity index is 1.66. The van der Waals surface area contributed by atoms with Crippen LogP contribution in [-0.2, 0) is 4.79 Å². The van der Waals surface area contributed by atoms with E-state index < -0.39 is 11.5 Å². The van der Waals surface area contributed by atoms with Crippen molar-refractivity contribution in [2.75, 3.05) is 31.1 Å². The van der Waals surface area contributed by atoms with Crippen molar-refractivity contribution in [3.63, 3.8) is 0 Å². The highest BCUT2D eigenvalue weighted by molar-refractivity contribution is 6.30. The third-order valence-corrected chi connectivity index (χ3v) is 5.93. The quantitative estimate of drug-likeness (QED) is 0.702. The normalized spacial score (nSPS) is 15.6. The molecule has 1 aromatic heterocycles. The van der Waals surface area contributed by atoms with Crippen LogP contribution in [0.15, 0.2) is 48.5 Å². The van der Waals surface area contributed by atoms with Crippen LogP contribution in [0.5, 0.6) is 0 Å². The number of hydrogen-bond acceptors (Lipinski definition) is 5. The Kier molecular flexibility index (Phi) is 5.15. The summed E-state index contributed by atoms with van der Waals surface area (Å²) in [5, 5.41) is 21.3. The largest absolute Gasteiger partial charge is 0.480 e. The van der Waals surface area contributed by atoms with Crippen molar-refractivity contribution in [3.8, 4) is 11.3 Å². The fourth-order valence-electron chi connectivity index (χ4n) is 3.76. The summed E-state index contributed by atoms with van der Waals surface area (Å²) in [6.45, 7) is 6.23. The molecule has 0 spiro atoms. The Morgan fingerprint density at radius 3 is 2.21 bits per heavy atom. The first-order chi connectivity index (χ1) is 13.9. The van der Waals surface area contributed by atoms with Crippen LogP contribution in [0.4, 0.5) is 5.82 Å². The molecule has 2 heterocycles. The van der Waals surface area contributed by atoms with Gasteiger partial charge in [0.05, 0.1) is 0 Å². The number of halogens is 1. The Morgan fingerprint density at radius 2 is 1.59 bits per heavy atom. The van der Waals surface area contributed by atoms with Crippen LogP contribution in [0.1, 0.15) is 13.8 Å². The Morgan fingerprint density at radius 1 is 0.966 bits per heavy atom. The van der Waals surface area contributed by atoms with Crippen LogP contribution in [-0.4, -0.2) is 57.9 Å². The predicted molar refractivity (Wildman–Crippen MR) is 115 cm³/mol. The van der Waals surface area contributed by atoms with Gasteiger partial charge >= 0.3 is 5.97 Å². The predicted octanol–water partition coefficient (Wildman–Crippen LogP) is 3.94. The summed E-state index contributed by atoms with van der Waals surface area (Å²) in [4.78, 5) is 15.7. The first-order valence-corrected chi connectivity index (χ1v) is 10.0. The number of anilines is 1. The second kappa shape index (κ2) is 7.61. The van der Waals surface area contributed by atoms with Gasteiger partial charge in [-0.1, -0.05) is 48.0 Å². The van der Waals surface area contributed by atoms with Crippen LogP contribution in [0.2, 0.25) is 5.02 Å². The number of hydrogen-bond donors (Lipinski definition) is 1. The summed E-state index contributed by atoms with van der Waals surface area (Å²) in [5.41, 5.74) is 0.919. The highest BCUT2D eigenvalue weighted by atomic mass is 35.5. The molecule has 1 saturated heterocycles. The third-order valence-electron chi connectivity index (χ3n) is 5.68. The van der Waals surface area contributed by atoms with E-state index in [4.69, 9.17) is 11.6 Å². The molecular formula is C22H23ClN4O2. The second-order valence-corrected chi connectivity index (χ2v) is 8.20. The van der Waals surface area contributed by atoms with Crippen molar-refractivity contribution in [2.45, 2.75) is 19.4 Å². The maximum Gasteiger partial charge on any atom is 0.323 e. The zero-order chi connectivity index (χ0) is 20.6. The molecule has 7 heteroatoms. The van der Waals surface area contributed by atoms with Gasteiger partial charge in [0.1, 0.15) is 11.2 Å². The lowest BCUT2D eigenvalue weighted by Gasteiger charge is -2.42. The lowest BCUT2D eigenvalue weighted by Crippen LogP contribution is -2.58. The smallest absolute Gasteiger partial charge is 0.323 e. The summed E-state index contributed by atoms with van der Waals surface area (Å²) in [5.74, 6) is 0.0367. The number of carboxylic acid groups (broad SMARTS) is 1. The number of nitrogens with zero attached hydrogens (tertiary/aromatic N) is 4. The summed E-state index contributed by atoms with van der Waals surface area (Å²) in [6, 6.07) is 15.7. The van der Waals surface area contributed by atoms with Gasteiger partial charge in [0.25, 0.3) is 0 Å². The average Bonchev–Trinajstić information content (AvgIpc) is 2.73. The van der Waals surface area contributed by atoms with Crippen molar-refractivity contribution >= 4 is 34.2 Å². The van der Waals surface area contributed by atoms with Crippen LogP contribution < -0.4 is 4.90 Å². The molecule has 0 amide bonds. The Bertz CT molecular complexity index is 1040. The summed E-state index contributed by atoms with van der Waals surface area (Å²) >= 11 is 6.02. The van der Waals surface area contributed by atoms with Gasteiger partial charge in [-0.3, -0.25) is 9.69 Å². The van der Waals surface area contributed by atoms with E-state index in [1.54, 1.807) is 13.8 Å². The van der Waals surface area contributed by atoms with Gasteiger partial charge in [0.15, 0.2) is 5.82 Å². The molecule has 150 valence electrons. The molecule has 6 nitrogen and oxygen atoms in total. The second-order valence-electron chi connectivity index (χ2n) is 7.76. The van der Waals surface area contributed by atoms with Crippen LogP contribution >= 0.6 is 11.6 Å². The van der Waals surface area contributed by atoms with Crippen LogP contribution in [0.25, 0.3) is 22.0 Å². The first kappa shape index (κ1) is 19.6. The fraction of sp³-hybridized carbons (Fsp3) is 0.318. The van der Waals surface area contributed by atoms with E-state index in [0.717, 1.165) is 27.8 Å². The number of carbonyl (C=O) groups is 1. The number of rotatable bonds is 4. The zero-order valence-corrected chi connectivity index (χ0v) is 17.2. The molecule has 0 radical (unpaired) electrons. The lowest BCUT2D eigenvalue weighted by atomic mass is 10.0. The van der Waals surface area contributed by atoms with Gasteiger partial charge in [0.2, 0.25) is 0 Å². The molecule has 3 aromatic rings. The van der Waals surface area contributed by atoms with E-state index in [2.05, 4.69) is 27.2 Å². The van der Waals surface area contributed by atoms with Crippen molar-refractivity contribution < 1.29 is 9.90 Å². The minimum absolute atomic E-state index is 0.661. The van der Waals surface area contributed by atoms with Crippen molar-refractivity contribution in [2.24, 2.45) is 0 Å². The molecule has 0 atom stereocenters. The van der Waals surface area contributed by atoms with Gasteiger partial charge in [-0.15, -0.1) is 10.2 Å². The number of aromatic nitrogens is 2. The minimum atomic E-state index is -0.877. The topological polar surface area (TPSA) is 69.6 Å². The van der Waals surface area contributed by atoms with Gasteiger partial charge in [0, 0.05) is 47.5 Å². The molecule has 1 aliphatic rings. The number of fused-ring (bicyclic) bond motifs is 1. The maximum absolute atomic E-state index is 11.6. The third kappa shape index (κ3) is 3.66. The summed E-state index contributed by atoms with van der Waals surface area (Å²) in [6.07, 6.45) is 0. The van der Waals surface area contributed by atoms with Gasteiger partial charge < -0.3 is 10.0 Å². The van der Waals surface area contributed by atoms with E-state index in [-0.39, 0.29) is 0 Å². The average molecular weight is 411 g/mol. The van der Waals surface area contributed by atoms with E-state index in [0.29, 0.717) is 31.2 Å². The van der Waals surface area contributed by atoms with Crippen LogP contribution in [0, 0.1) is 0 Å². The molecular weight excluding hydrogens is 388 g/mol. The number of benzene rings is 2. The van der Waals surface area contributed by atoms with Crippen molar-refractivity contribution in [1.29, 1.82) is 0 Å². The number of piperazine rings is 1. The number of carboxylic acids is 1. The van der Waals surface area contributed by atoms with Gasteiger partial charge in [-0.05, 0) is 26.0 Å². The highest BCUT2D eigenvalue weighted by Gasteiger charge is 2.36. The van der Waals surface area contributed by atoms with E-state index in [9.17, 15) is 9.90 Å². The molecule has 0 bridgehead atoms. The zero-order valence-electron chi connectivity index (χ0n) is 16.5. The fourth-order valence-corrected chi connectivity index (χ4v) is 3.88.